The van der Waals surface area contributed by atoms with Gasteiger partial charge < -0.3 is 5.11 Å². The lowest BCUT2D eigenvalue weighted by Crippen LogP contribution is -1.83. The summed E-state index contributed by atoms with van der Waals surface area (Å²) < 4.78 is 11.3. The number of hydrogen-bond acceptors (Lipinski definition) is 2. The highest BCUT2D eigenvalue weighted by molar-refractivity contribution is 14.1. The van der Waals surface area contributed by atoms with Gasteiger partial charge in [-0.3, -0.25) is 3.07 Å². The van der Waals surface area contributed by atoms with E-state index >= 15 is 0 Å². The molecule has 0 aromatic heterocycles. The van der Waals surface area contributed by atoms with Gasteiger partial charge in [0.15, 0.2) is 21.2 Å². The molecule has 1 N–H and O–H groups in total. The normalized spacial score (nSPS) is 10.0. The Bertz CT molecular complexity index is 271. The van der Waals surface area contributed by atoms with Crippen molar-refractivity contribution in [2.45, 2.75) is 13.8 Å². The van der Waals surface area contributed by atoms with Crippen LogP contribution in [0.3, 0.4) is 0 Å². The molecule has 0 amide bonds. The Labute approximate surface area is 75.9 Å². The molecule has 0 aliphatic heterocycles. The molecule has 0 heterocycles. The first-order valence-electron chi connectivity index (χ1n) is 3.22. The van der Waals surface area contributed by atoms with Crippen LogP contribution in [-0.4, -0.2) is 5.11 Å². The molecular formula is C8H9IO2. The van der Waals surface area contributed by atoms with Gasteiger partial charge in [-0.25, -0.2) is 0 Å². The summed E-state index contributed by atoms with van der Waals surface area (Å²) in [5.41, 5.74) is 1.92. The van der Waals surface area contributed by atoms with Crippen LogP contribution in [0.1, 0.15) is 11.1 Å². The van der Waals surface area contributed by atoms with Crippen molar-refractivity contribution >= 4 is 21.2 Å². The number of halogens is 1. The molecule has 0 aliphatic rings. The molecule has 1 rings (SSSR count). The summed E-state index contributed by atoms with van der Waals surface area (Å²) in [4.78, 5) is 0. The van der Waals surface area contributed by atoms with Crippen LogP contribution >= 0.6 is 21.2 Å². The predicted octanol–water partition coefficient (Wildman–Crippen LogP) is 2.49. The van der Waals surface area contributed by atoms with Gasteiger partial charge in [-0.1, -0.05) is 6.07 Å². The lowest BCUT2D eigenvalue weighted by molar-refractivity contribution is 0.470. The van der Waals surface area contributed by atoms with E-state index in [1.807, 2.05) is 19.9 Å². The highest BCUT2D eigenvalue weighted by atomic mass is 127. The van der Waals surface area contributed by atoms with Crippen LogP contribution in [0.25, 0.3) is 0 Å². The maximum absolute atomic E-state index is 10.6. The molecule has 60 valence electrons. The van der Waals surface area contributed by atoms with E-state index in [9.17, 15) is 8.18 Å². The predicted molar refractivity (Wildman–Crippen MR) is 51.0 cm³/mol. The zero-order valence-corrected chi connectivity index (χ0v) is 8.55. The molecule has 0 radical (unpaired) electrons. The number of phenols is 1. The van der Waals surface area contributed by atoms with Crippen molar-refractivity contribution in [2.75, 3.05) is 0 Å². The number of aryl methyl sites for hydroxylation is 2. The second-order valence-electron chi connectivity index (χ2n) is 2.49. The van der Waals surface area contributed by atoms with Crippen LogP contribution in [0.5, 0.6) is 5.75 Å². The number of phenolic OH excluding ortho intramolecular Hbond substituents is 1. The summed E-state index contributed by atoms with van der Waals surface area (Å²) in [7, 11) is 0. The summed E-state index contributed by atoms with van der Waals surface area (Å²) in [6, 6.07) is 3.56. The van der Waals surface area contributed by atoms with Gasteiger partial charge in [0.05, 0.1) is 3.57 Å². The largest absolute Gasteiger partial charge is 0.507 e. The maximum atomic E-state index is 10.6. The molecule has 0 aliphatic carbocycles. The van der Waals surface area contributed by atoms with E-state index in [1.54, 1.807) is 6.07 Å². The van der Waals surface area contributed by atoms with Gasteiger partial charge >= 0.3 is 0 Å². The Morgan fingerprint density at radius 3 is 2.45 bits per heavy atom. The number of rotatable bonds is 1. The van der Waals surface area contributed by atoms with Crippen molar-refractivity contribution < 1.29 is 8.18 Å². The van der Waals surface area contributed by atoms with E-state index in [2.05, 4.69) is 0 Å². The number of benzene rings is 1. The summed E-state index contributed by atoms with van der Waals surface area (Å²) in [6.45, 7) is 3.76. The van der Waals surface area contributed by atoms with E-state index in [0.29, 0.717) is 3.57 Å². The highest BCUT2D eigenvalue weighted by Gasteiger charge is 2.04. The zero-order chi connectivity index (χ0) is 8.43. The van der Waals surface area contributed by atoms with Crippen molar-refractivity contribution in [1.82, 2.24) is 0 Å². The van der Waals surface area contributed by atoms with Gasteiger partial charge in [0.1, 0.15) is 5.75 Å². The summed E-state index contributed by atoms with van der Waals surface area (Å²) in [5.74, 6) is 0.172. The first-order chi connectivity index (χ1) is 5.15. The molecule has 0 bridgehead atoms. The van der Waals surface area contributed by atoms with E-state index in [-0.39, 0.29) is 5.75 Å². The van der Waals surface area contributed by atoms with Crippen molar-refractivity contribution in [1.29, 1.82) is 0 Å². The molecule has 0 saturated heterocycles. The van der Waals surface area contributed by atoms with Gasteiger partial charge in [-0.15, -0.1) is 0 Å². The minimum Gasteiger partial charge on any atom is -0.507 e. The molecule has 0 saturated carbocycles. The monoisotopic (exact) mass is 264 g/mol. The summed E-state index contributed by atoms with van der Waals surface area (Å²) >= 11 is -1.25. The van der Waals surface area contributed by atoms with Crippen LogP contribution in [0, 0.1) is 17.4 Å². The Balaban J connectivity index is 3.36. The van der Waals surface area contributed by atoms with Crippen molar-refractivity contribution in [3.63, 3.8) is 0 Å². The molecule has 11 heavy (non-hydrogen) atoms. The smallest absolute Gasteiger partial charge is 0.186 e. The molecule has 0 atom stereocenters. The fraction of sp³-hybridized carbons (Fsp3) is 0.250. The second-order valence-corrected chi connectivity index (χ2v) is 4.01. The van der Waals surface area contributed by atoms with E-state index in [4.69, 9.17) is 0 Å². The molecule has 0 unspecified atom stereocenters. The minimum absolute atomic E-state index is 0.172. The fourth-order valence-electron chi connectivity index (χ4n) is 1.03. The van der Waals surface area contributed by atoms with Crippen LogP contribution < -0.4 is 0 Å². The minimum atomic E-state index is -1.25. The Kier molecular flexibility index (Phi) is 2.59. The average molecular weight is 264 g/mol. The topological polar surface area (TPSA) is 37.3 Å². The lowest BCUT2D eigenvalue weighted by atomic mass is 10.1. The number of hydrogen-bond donors (Lipinski definition) is 1. The first-order valence-corrected chi connectivity index (χ1v) is 5.18. The Hall–Kier alpha value is -0.450. The first kappa shape index (κ1) is 8.64. The van der Waals surface area contributed by atoms with E-state index in [0.717, 1.165) is 11.1 Å². The third-order valence-electron chi connectivity index (χ3n) is 1.46. The third-order valence-corrected chi connectivity index (χ3v) is 3.30. The van der Waals surface area contributed by atoms with E-state index in [1.165, 1.54) is 0 Å². The maximum Gasteiger partial charge on any atom is 0.186 e. The molecule has 2 nitrogen and oxygen atoms in total. The van der Waals surface area contributed by atoms with Crippen molar-refractivity contribution in [3.8, 4) is 5.75 Å². The summed E-state index contributed by atoms with van der Waals surface area (Å²) in [6.07, 6.45) is 0. The second kappa shape index (κ2) is 3.30. The van der Waals surface area contributed by atoms with Crippen LogP contribution in [0.4, 0.5) is 0 Å². The molecule has 3 heteroatoms. The molecular weight excluding hydrogens is 255 g/mol. The number of aromatic hydroxyl groups is 1. The Morgan fingerprint density at radius 1 is 1.36 bits per heavy atom. The molecule has 0 fully saturated rings. The van der Waals surface area contributed by atoms with Crippen LogP contribution in [0.2, 0.25) is 0 Å². The highest BCUT2D eigenvalue weighted by Crippen LogP contribution is 2.26. The van der Waals surface area contributed by atoms with Crippen LogP contribution in [-0.2, 0) is 3.07 Å². The van der Waals surface area contributed by atoms with Crippen molar-refractivity contribution in [3.05, 3.63) is 26.8 Å². The molecule has 0 spiro atoms. The van der Waals surface area contributed by atoms with Gasteiger partial charge in [-0.2, -0.15) is 0 Å². The van der Waals surface area contributed by atoms with Crippen LogP contribution in [0.15, 0.2) is 12.1 Å². The van der Waals surface area contributed by atoms with Gasteiger partial charge in [0, 0.05) is 0 Å². The zero-order valence-electron chi connectivity index (χ0n) is 6.39. The fourth-order valence-corrected chi connectivity index (χ4v) is 1.91. The lowest BCUT2D eigenvalue weighted by Gasteiger charge is -2.01. The molecule has 1 aromatic carbocycles. The van der Waals surface area contributed by atoms with Gasteiger partial charge in [-0.05, 0) is 31.0 Å². The van der Waals surface area contributed by atoms with Gasteiger partial charge in [0.2, 0.25) is 0 Å². The third kappa shape index (κ3) is 1.77. The standard InChI is InChI=1S/C8H9IO2/c1-5-3-6(2)8(9-11)7(10)4-5/h3-4,10H,1-2H3. The molecule has 1 aromatic rings. The quantitative estimate of drug-likeness (QED) is 0.791. The average Bonchev–Trinajstić information content (AvgIpc) is 1.85. The van der Waals surface area contributed by atoms with Gasteiger partial charge in [0.25, 0.3) is 0 Å². The van der Waals surface area contributed by atoms with Crippen molar-refractivity contribution in [2.24, 2.45) is 0 Å². The Morgan fingerprint density at radius 2 is 2.00 bits per heavy atom. The van der Waals surface area contributed by atoms with E-state index < -0.39 is 21.2 Å². The SMILES string of the molecule is Cc1cc(C)c(I=O)c(O)c1. The summed E-state index contributed by atoms with van der Waals surface area (Å²) in [5, 5.41) is 9.30.